The van der Waals surface area contributed by atoms with E-state index in [4.69, 9.17) is 5.26 Å². The van der Waals surface area contributed by atoms with Gasteiger partial charge in [0.2, 0.25) is 0 Å². The van der Waals surface area contributed by atoms with E-state index in [9.17, 15) is 0 Å². The number of likely N-dealkylation sites (tertiary alicyclic amines) is 1. The minimum atomic E-state index is 0.517. The van der Waals surface area contributed by atoms with E-state index in [1.165, 1.54) is 31.5 Å². The maximum atomic E-state index is 8.78. The van der Waals surface area contributed by atoms with Gasteiger partial charge >= 0.3 is 0 Å². The van der Waals surface area contributed by atoms with E-state index in [0.29, 0.717) is 5.69 Å². The lowest BCUT2D eigenvalue weighted by molar-refractivity contribution is 0.315. The van der Waals surface area contributed by atoms with Crippen molar-refractivity contribution in [3.05, 3.63) is 29.6 Å². The summed E-state index contributed by atoms with van der Waals surface area (Å²) in [5, 5.41) is 8.78. The SMILES string of the molecule is CCC1CCN(Cc2ccnc(C#N)c2)C1. The molecule has 0 bridgehead atoms. The van der Waals surface area contributed by atoms with Gasteiger partial charge in [-0.1, -0.05) is 13.3 Å². The Bertz CT molecular complexity index is 394. The van der Waals surface area contributed by atoms with Gasteiger partial charge in [0.15, 0.2) is 0 Å². The maximum absolute atomic E-state index is 8.78. The smallest absolute Gasteiger partial charge is 0.140 e. The molecule has 0 aromatic carbocycles. The lowest BCUT2D eigenvalue weighted by Crippen LogP contribution is -2.20. The highest BCUT2D eigenvalue weighted by Crippen LogP contribution is 2.20. The summed E-state index contributed by atoms with van der Waals surface area (Å²) < 4.78 is 0. The van der Waals surface area contributed by atoms with Gasteiger partial charge in [-0.2, -0.15) is 5.26 Å². The summed E-state index contributed by atoms with van der Waals surface area (Å²) in [5.74, 6) is 0.859. The number of pyridine rings is 1. The fourth-order valence-corrected chi connectivity index (χ4v) is 2.28. The van der Waals surface area contributed by atoms with Crippen LogP contribution in [-0.4, -0.2) is 23.0 Å². The highest BCUT2D eigenvalue weighted by Gasteiger charge is 2.20. The molecule has 1 aliphatic heterocycles. The first-order chi connectivity index (χ1) is 7.81. The average Bonchev–Trinajstić information content (AvgIpc) is 2.77. The highest BCUT2D eigenvalue weighted by atomic mass is 15.1. The van der Waals surface area contributed by atoms with Gasteiger partial charge in [0, 0.05) is 19.3 Å². The summed E-state index contributed by atoms with van der Waals surface area (Å²) in [6.45, 7) is 5.59. The first-order valence-electron chi connectivity index (χ1n) is 5.89. The lowest BCUT2D eigenvalue weighted by Gasteiger charge is -2.15. The van der Waals surface area contributed by atoms with Crippen LogP contribution in [0.4, 0.5) is 0 Å². The zero-order valence-corrected chi connectivity index (χ0v) is 9.69. The van der Waals surface area contributed by atoms with E-state index in [1.54, 1.807) is 6.20 Å². The second-order valence-electron chi connectivity index (χ2n) is 4.46. The van der Waals surface area contributed by atoms with Crippen LogP contribution < -0.4 is 0 Å². The summed E-state index contributed by atoms with van der Waals surface area (Å²) >= 11 is 0. The molecule has 1 aromatic rings. The van der Waals surface area contributed by atoms with E-state index < -0.39 is 0 Å². The Morgan fingerprint density at radius 1 is 1.62 bits per heavy atom. The van der Waals surface area contributed by atoms with Crippen LogP contribution in [0.15, 0.2) is 18.3 Å². The molecule has 3 nitrogen and oxygen atoms in total. The zero-order valence-electron chi connectivity index (χ0n) is 9.69. The number of nitrogens with zero attached hydrogens (tertiary/aromatic N) is 3. The van der Waals surface area contributed by atoms with Gasteiger partial charge in [-0.3, -0.25) is 4.90 Å². The molecule has 84 valence electrons. The first-order valence-corrected chi connectivity index (χ1v) is 5.89. The highest BCUT2D eigenvalue weighted by molar-refractivity contribution is 5.25. The first kappa shape index (κ1) is 11.1. The fourth-order valence-electron chi connectivity index (χ4n) is 2.28. The van der Waals surface area contributed by atoms with Crippen LogP contribution in [0.25, 0.3) is 0 Å². The Hall–Kier alpha value is -1.40. The molecule has 2 heterocycles. The number of nitriles is 1. The van der Waals surface area contributed by atoms with Crippen LogP contribution in [0.1, 0.15) is 31.0 Å². The summed E-state index contributed by atoms with van der Waals surface area (Å²) in [4.78, 5) is 6.45. The van der Waals surface area contributed by atoms with Crippen molar-refractivity contribution in [1.29, 1.82) is 5.26 Å². The molecule has 0 saturated carbocycles. The molecular weight excluding hydrogens is 198 g/mol. The van der Waals surface area contributed by atoms with Crippen molar-refractivity contribution in [2.45, 2.75) is 26.3 Å². The number of hydrogen-bond donors (Lipinski definition) is 0. The number of rotatable bonds is 3. The van der Waals surface area contributed by atoms with Crippen molar-refractivity contribution < 1.29 is 0 Å². The molecule has 1 aliphatic rings. The largest absolute Gasteiger partial charge is 0.299 e. The van der Waals surface area contributed by atoms with Gasteiger partial charge in [-0.15, -0.1) is 0 Å². The number of hydrogen-bond acceptors (Lipinski definition) is 3. The van der Waals surface area contributed by atoms with Crippen molar-refractivity contribution in [2.24, 2.45) is 5.92 Å². The molecule has 3 heteroatoms. The van der Waals surface area contributed by atoms with Gasteiger partial charge in [-0.25, -0.2) is 4.98 Å². The standard InChI is InChI=1S/C13H17N3/c1-2-11-4-6-16(9-11)10-12-3-5-15-13(7-12)8-14/h3,5,7,11H,2,4,6,9-10H2,1H3. The monoisotopic (exact) mass is 215 g/mol. The van der Waals surface area contributed by atoms with E-state index in [0.717, 1.165) is 12.5 Å². The van der Waals surface area contributed by atoms with E-state index in [1.807, 2.05) is 12.1 Å². The molecule has 1 atom stereocenters. The van der Waals surface area contributed by atoms with Crippen molar-refractivity contribution in [3.8, 4) is 6.07 Å². The molecule has 0 aliphatic carbocycles. The normalized spacial score (nSPS) is 20.9. The summed E-state index contributed by atoms with van der Waals surface area (Å²) in [5.41, 5.74) is 1.71. The minimum absolute atomic E-state index is 0.517. The maximum Gasteiger partial charge on any atom is 0.140 e. The molecule has 0 amide bonds. The van der Waals surface area contributed by atoms with Crippen molar-refractivity contribution in [3.63, 3.8) is 0 Å². The predicted molar refractivity (Wildman–Crippen MR) is 62.6 cm³/mol. The molecule has 2 rings (SSSR count). The topological polar surface area (TPSA) is 39.9 Å². The minimum Gasteiger partial charge on any atom is -0.299 e. The van der Waals surface area contributed by atoms with Crippen LogP contribution >= 0.6 is 0 Å². The van der Waals surface area contributed by atoms with Crippen LogP contribution in [0.2, 0.25) is 0 Å². The quantitative estimate of drug-likeness (QED) is 0.776. The third-order valence-corrected chi connectivity index (χ3v) is 3.29. The predicted octanol–water partition coefficient (Wildman–Crippen LogP) is 2.19. The van der Waals surface area contributed by atoms with E-state index >= 15 is 0 Å². The molecule has 0 radical (unpaired) electrons. The third kappa shape index (κ3) is 2.59. The van der Waals surface area contributed by atoms with Gasteiger partial charge < -0.3 is 0 Å². The van der Waals surface area contributed by atoms with Crippen LogP contribution in [0, 0.1) is 17.2 Å². The zero-order chi connectivity index (χ0) is 11.4. The molecular formula is C13H17N3. The van der Waals surface area contributed by atoms with Gasteiger partial charge in [0.25, 0.3) is 0 Å². The van der Waals surface area contributed by atoms with Crippen LogP contribution in [-0.2, 0) is 6.54 Å². The number of aromatic nitrogens is 1. The second-order valence-corrected chi connectivity index (χ2v) is 4.46. The van der Waals surface area contributed by atoms with Gasteiger partial charge in [0.05, 0.1) is 0 Å². The summed E-state index contributed by atoms with van der Waals surface area (Å²) in [6.07, 6.45) is 4.31. The average molecular weight is 215 g/mol. The molecule has 1 fully saturated rings. The Morgan fingerprint density at radius 2 is 2.50 bits per heavy atom. The van der Waals surface area contributed by atoms with Crippen LogP contribution in [0.3, 0.4) is 0 Å². The Labute approximate surface area is 96.7 Å². The summed E-state index contributed by atoms with van der Waals surface area (Å²) in [6, 6.07) is 5.97. The second kappa shape index (κ2) is 5.09. The molecule has 1 unspecified atom stereocenters. The van der Waals surface area contributed by atoms with Gasteiger partial charge in [0.1, 0.15) is 11.8 Å². The third-order valence-electron chi connectivity index (χ3n) is 3.29. The van der Waals surface area contributed by atoms with Gasteiger partial charge in [-0.05, 0) is 36.6 Å². The fraction of sp³-hybridized carbons (Fsp3) is 0.538. The van der Waals surface area contributed by atoms with Crippen molar-refractivity contribution >= 4 is 0 Å². The van der Waals surface area contributed by atoms with Crippen molar-refractivity contribution in [1.82, 2.24) is 9.88 Å². The summed E-state index contributed by atoms with van der Waals surface area (Å²) in [7, 11) is 0. The Balaban J connectivity index is 1.97. The van der Waals surface area contributed by atoms with Crippen LogP contribution in [0.5, 0.6) is 0 Å². The van der Waals surface area contributed by atoms with E-state index in [-0.39, 0.29) is 0 Å². The van der Waals surface area contributed by atoms with Crippen molar-refractivity contribution in [2.75, 3.05) is 13.1 Å². The molecule has 0 N–H and O–H groups in total. The molecule has 16 heavy (non-hydrogen) atoms. The molecule has 1 saturated heterocycles. The molecule has 0 spiro atoms. The lowest BCUT2D eigenvalue weighted by atomic mass is 10.1. The Morgan fingerprint density at radius 3 is 3.19 bits per heavy atom. The Kier molecular flexibility index (Phi) is 3.53. The molecule has 1 aromatic heterocycles. The van der Waals surface area contributed by atoms with E-state index in [2.05, 4.69) is 22.9 Å².